The highest BCUT2D eigenvalue weighted by Gasteiger charge is 2.07. The van der Waals surface area contributed by atoms with E-state index >= 15 is 0 Å². The number of aromatic nitrogens is 4. The van der Waals surface area contributed by atoms with Crippen molar-refractivity contribution in [3.05, 3.63) is 71.6 Å². The molecular formula is C18H16FN5O. The van der Waals surface area contributed by atoms with Crippen LogP contribution in [0.5, 0.6) is 0 Å². The molecule has 0 saturated heterocycles. The van der Waals surface area contributed by atoms with Crippen molar-refractivity contribution in [2.75, 3.05) is 5.32 Å². The molecule has 2 heterocycles. The van der Waals surface area contributed by atoms with E-state index in [2.05, 4.69) is 20.4 Å². The minimum absolute atomic E-state index is 0.320. The second-order valence-electron chi connectivity index (χ2n) is 5.47. The molecule has 3 rings (SSSR count). The zero-order chi connectivity index (χ0) is 17.8. The second kappa shape index (κ2) is 7.04. The number of nitrogens with zero attached hydrogens (tertiary/aromatic N) is 4. The summed E-state index contributed by atoms with van der Waals surface area (Å²) in [6, 6.07) is 9.43. The molecule has 2 aromatic heterocycles. The van der Waals surface area contributed by atoms with Gasteiger partial charge in [-0.1, -0.05) is 12.1 Å². The fourth-order valence-corrected chi connectivity index (χ4v) is 2.31. The van der Waals surface area contributed by atoms with E-state index in [-0.39, 0.29) is 11.7 Å². The van der Waals surface area contributed by atoms with Crippen molar-refractivity contribution in [2.45, 2.75) is 13.8 Å². The fourth-order valence-electron chi connectivity index (χ4n) is 2.31. The largest absolute Gasteiger partial charge is 0.307 e. The number of hydrogen-bond acceptors (Lipinski definition) is 4. The molecule has 0 radical (unpaired) electrons. The number of amides is 1. The summed E-state index contributed by atoms with van der Waals surface area (Å²) in [6.07, 6.45) is 4.32. The van der Waals surface area contributed by atoms with Crippen LogP contribution in [0.3, 0.4) is 0 Å². The number of anilines is 1. The summed E-state index contributed by atoms with van der Waals surface area (Å²) in [6.45, 7) is 3.82. The molecule has 7 heteroatoms. The van der Waals surface area contributed by atoms with E-state index in [1.807, 2.05) is 19.9 Å². The van der Waals surface area contributed by atoms with E-state index in [1.165, 1.54) is 24.5 Å². The van der Waals surface area contributed by atoms with Crippen molar-refractivity contribution in [1.29, 1.82) is 0 Å². The first-order valence-corrected chi connectivity index (χ1v) is 7.61. The van der Waals surface area contributed by atoms with Gasteiger partial charge in [0, 0.05) is 17.8 Å². The molecule has 3 aromatic rings. The number of nitrogens with one attached hydrogen (secondary N) is 1. The lowest BCUT2D eigenvalue weighted by atomic mass is 10.2. The summed E-state index contributed by atoms with van der Waals surface area (Å²) in [5, 5.41) is 7.02. The van der Waals surface area contributed by atoms with Crippen molar-refractivity contribution >= 4 is 17.8 Å². The molecule has 25 heavy (non-hydrogen) atoms. The number of halogens is 1. The van der Waals surface area contributed by atoms with Gasteiger partial charge in [0.15, 0.2) is 5.82 Å². The number of rotatable bonds is 4. The molecule has 6 nitrogen and oxygen atoms in total. The Hall–Kier alpha value is -3.35. The Bertz CT molecular complexity index is 931. The summed E-state index contributed by atoms with van der Waals surface area (Å²) in [5.41, 5.74) is 2.54. The van der Waals surface area contributed by atoms with E-state index in [9.17, 15) is 9.18 Å². The first kappa shape index (κ1) is 16.5. The Morgan fingerprint density at radius 1 is 1.16 bits per heavy atom. The van der Waals surface area contributed by atoms with Crippen LogP contribution in [0.25, 0.3) is 11.9 Å². The number of hydrogen-bond donors (Lipinski definition) is 1. The summed E-state index contributed by atoms with van der Waals surface area (Å²) in [5.74, 6) is 0.270. The maximum atomic E-state index is 12.9. The van der Waals surface area contributed by atoms with Crippen molar-refractivity contribution in [2.24, 2.45) is 0 Å². The van der Waals surface area contributed by atoms with Gasteiger partial charge >= 0.3 is 0 Å². The van der Waals surface area contributed by atoms with Gasteiger partial charge in [-0.05, 0) is 43.7 Å². The van der Waals surface area contributed by atoms with Gasteiger partial charge in [-0.15, -0.1) is 0 Å². The van der Waals surface area contributed by atoms with Crippen molar-refractivity contribution in [3.8, 4) is 5.82 Å². The minimum atomic E-state index is -0.345. The highest BCUT2D eigenvalue weighted by Crippen LogP contribution is 2.12. The van der Waals surface area contributed by atoms with Crippen LogP contribution in [-0.4, -0.2) is 25.7 Å². The summed E-state index contributed by atoms with van der Waals surface area (Å²) in [4.78, 5) is 20.2. The van der Waals surface area contributed by atoms with E-state index < -0.39 is 0 Å². The molecule has 0 aliphatic carbocycles. The Morgan fingerprint density at radius 2 is 1.92 bits per heavy atom. The number of carbonyl (C=O) groups excluding carboxylic acids is 1. The number of aryl methyl sites for hydroxylation is 2. The average Bonchev–Trinajstić information content (AvgIpc) is 2.93. The van der Waals surface area contributed by atoms with Crippen LogP contribution in [0.1, 0.15) is 17.0 Å². The molecule has 0 saturated carbocycles. The van der Waals surface area contributed by atoms with Crippen LogP contribution in [0.2, 0.25) is 0 Å². The van der Waals surface area contributed by atoms with E-state index in [4.69, 9.17) is 0 Å². The molecule has 0 aliphatic heterocycles. The minimum Gasteiger partial charge on any atom is -0.307 e. The van der Waals surface area contributed by atoms with Gasteiger partial charge in [0.05, 0.1) is 5.69 Å². The maximum absolute atomic E-state index is 12.9. The lowest BCUT2D eigenvalue weighted by molar-refractivity contribution is -0.111. The van der Waals surface area contributed by atoms with Gasteiger partial charge in [0.1, 0.15) is 18.0 Å². The third-order valence-electron chi connectivity index (χ3n) is 3.43. The molecule has 0 atom stereocenters. The van der Waals surface area contributed by atoms with Gasteiger partial charge in [-0.3, -0.25) is 4.79 Å². The molecule has 1 aromatic carbocycles. The molecule has 1 N–H and O–H groups in total. The normalized spacial score (nSPS) is 11.0. The van der Waals surface area contributed by atoms with Gasteiger partial charge in [0.25, 0.3) is 0 Å². The lowest BCUT2D eigenvalue weighted by Gasteiger charge is -2.05. The zero-order valence-electron chi connectivity index (χ0n) is 13.8. The quantitative estimate of drug-likeness (QED) is 0.743. The van der Waals surface area contributed by atoms with Gasteiger partial charge in [0.2, 0.25) is 5.91 Å². The fraction of sp³-hybridized carbons (Fsp3) is 0.111. The molecule has 126 valence electrons. The van der Waals surface area contributed by atoms with E-state index in [1.54, 1.807) is 29.0 Å². The maximum Gasteiger partial charge on any atom is 0.249 e. The van der Waals surface area contributed by atoms with Crippen molar-refractivity contribution in [1.82, 2.24) is 19.7 Å². The van der Waals surface area contributed by atoms with E-state index in [0.29, 0.717) is 11.6 Å². The van der Waals surface area contributed by atoms with Gasteiger partial charge < -0.3 is 5.32 Å². The number of benzene rings is 1. The van der Waals surface area contributed by atoms with Crippen LogP contribution in [-0.2, 0) is 4.79 Å². The smallest absolute Gasteiger partial charge is 0.249 e. The van der Waals surface area contributed by atoms with Crippen LogP contribution >= 0.6 is 0 Å². The van der Waals surface area contributed by atoms with Crippen molar-refractivity contribution in [3.63, 3.8) is 0 Å². The molecule has 0 bridgehead atoms. The third-order valence-corrected chi connectivity index (χ3v) is 3.43. The molecule has 0 fully saturated rings. The van der Waals surface area contributed by atoms with Crippen LogP contribution in [0.4, 0.5) is 10.2 Å². The zero-order valence-corrected chi connectivity index (χ0v) is 13.8. The summed E-state index contributed by atoms with van der Waals surface area (Å²) >= 11 is 0. The Balaban J connectivity index is 1.72. The standard InChI is InChI=1S/C18H16FN5O/c1-12-9-13(2)24(23-12)17-10-16(20-11-21-17)22-18(25)8-5-14-3-6-15(19)7-4-14/h3-11H,1-2H3,(H,20,21,22,25)/b8-5+. The summed E-state index contributed by atoms with van der Waals surface area (Å²) < 4.78 is 14.5. The van der Waals surface area contributed by atoms with Crippen LogP contribution < -0.4 is 5.32 Å². The van der Waals surface area contributed by atoms with Crippen molar-refractivity contribution < 1.29 is 9.18 Å². The number of carbonyl (C=O) groups is 1. The predicted octanol–water partition coefficient (Wildman–Crippen LogP) is 3.07. The first-order chi connectivity index (χ1) is 12.0. The predicted molar refractivity (Wildman–Crippen MR) is 92.7 cm³/mol. The topological polar surface area (TPSA) is 72.7 Å². The molecule has 0 aliphatic rings. The first-order valence-electron chi connectivity index (χ1n) is 7.61. The molecular weight excluding hydrogens is 321 g/mol. The molecule has 1 amide bonds. The van der Waals surface area contributed by atoms with Crippen LogP contribution in [0.15, 0.2) is 48.8 Å². The second-order valence-corrected chi connectivity index (χ2v) is 5.47. The molecule has 0 unspecified atom stereocenters. The summed E-state index contributed by atoms with van der Waals surface area (Å²) in [7, 11) is 0. The monoisotopic (exact) mass is 337 g/mol. The Morgan fingerprint density at radius 3 is 2.60 bits per heavy atom. The van der Waals surface area contributed by atoms with E-state index in [0.717, 1.165) is 17.0 Å². The average molecular weight is 337 g/mol. The highest BCUT2D eigenvalue weighted by molar-refractivity contribution is 6.01. The molecule has 0 spiro atoms. The Kier molecular flexibility index (Phi) is 4.65. The SMILES string of the molecule is Cc1cc(C)n(-c2cc(NC(=O)/C=C/c3ccc(F)cc3)ncn2)n1. The van der Waals surface area contributed by atoms with Crippen LogP contribution in [0, 0.1) is 19.7 Å². The lowest BCUT2D eigenvalue weighted by Crippen LogP contribution is -2.11. The Labute approximate surface area is 144 Å². The third kappa shape index (κ3) is 4.14. The van der Waals surface area contributed by atoms with Gasteiger partial charge in [-0.2, -0.15) is 5.10 Å². The highest BCUT2D eigenvalue weighted by atomic mass is 19.1. The van der Waals surface area contributed by atoms with Gasteiger partial charge in [-0.25, -0.2) is 19.0 Å².